The van der Waals surface area contributed by atoms with Crippen LogP contribution in [0.2, 0.25) is 0 Å². The van der Waals surface area contributed by atoms with Crippen molar-refractivity contribution in [3.8, 4) is 0 Å². The first-order valence-electron chi connectivity index (χ1n) is 10.2. The third kappa shape index (κ3) is 7.24. The fourth-order valence-corrected chi connectivity index (χ4v) is 12.4. The van der Waals surface area contributed by atoms with Gasteiger partial charge in [0.05, 0.1) is 32.9 Å². The minimum absolute atomic E-state index is 0.421. The van der Waals surface area contributed by atoms with E-state index >= 15 is 0 Å². The zero-order chi connectivity index (χ0) is 20.6. The summed E-state index contributed by atoms with van der Waals surface area (Å²) in [6.45, 7) is 29.3. The minimum Gasteiger partial charge on any atom is -0.0614 e. The van der Waals surface area contributed by atoms with Crippen LogP contribution >= 0.6 is 15.8 Å². The highest BCUT2D eigenvalue weighted by atomic mass is 31.1. The molecule has 0 aliphatic rings. The molecule has 0 bridgehead atoms. The predicted octanol–water partition coefficient (Wildman–Crippen LogP) is 8.31. The van der Waals surface area contributed by atoms with E-state index in [0.29, 0.717) is 20.6 Å². The molecule has 0 aliphatic heterocycles. The van der Waals surface area contributed by atoms with Crippen LogP contribution in [0.4, 0.5) is 0 Å². The smallest absolute Gasteiger partial charge is 0.0614 e. The topological polar surface area (TPSA) is 0 Å². The molecule has 0 fully saturated rings. The molecule has 0 radical (unpaired) electrons. The Bertz CT molecular complexity index is 497. The van der Waals surface area contributed by atoms with E-state index in [9.17, 15) is 0 Å². The van der Waals surface area contributed by atoms with Gasteiger partial charge in [-0.3, -0.25) is 0 Å². The largest absolute Gasteiger partial charge is 0.0830 e. The minimum atomic E-state index is -0.520. The van der Waals surface area contributed by atoms with E-state index in [2.05, 4.69) is 107 Å². The molecule has 0 unspecified atom stereocenters. The summed E-state index contributed by atoms with van der Waals surface area (Å²) < 4.78 is 0. The van der Waals surface area contributed by atoms with Gasteiger partial charge in [-0.15, -0.1) is 0 Å². The Balaban J connectivity index is 3.11. The molecule has 1 aromatic carbocycles. The highest BCUT2D eigenvalue weighted by Crippen LogP contribution is 2.62. The van der Waals surface area contributed by atoms with Gasteiger partial charge in [0.15, 0.2) is 0 Å². The Hall–Kier alpha value is 0.0800. The van der Waals surface area contributed by atoms with E-state index < -0.39 is 15.8 Å². The molecule has 0 N–H and O–H groups in total. The van der Waals surface area contributed by atoms with Crippen LogP contribution < -0.4 is 0 Å². The maximum absolute atomic E-state index is 2.53. The Morgan fingerprint density at radius 1 is 0.538 bits per heavy atom. The molecular formula is C24H46P2+2. The van der Waals surface area contributed by atoms with Crippen molar-refractivity contribution in [2.45, 2.75) is 116 Å². The normalized spacial score (nSPS) is 14.4. The van der Waals surface area contributed by atoms with Crippen molar-refractivity contribution in [3.63, 3.8) is 0 Å². The molecule has 150 valence electrons. The maximum Gasteiger partial charge on any atom is 0.0830 e. The molecule has 0 nitrogen and oxygen atoms in total. The van der Waals surface area contributed by atoms with Crippen LogP contribution in [0.15, 0.2) is 24.3 Å². The maximum atomic E-state index is 2.53. The molecule has 0 saturated heterocycles. The molecule has 26 heavy (non-hydrogen) atoms. The molecule has 0 amide bonds. The van der Waals surface area contributed by atoms with Crippen LogP contribution in [-0.2, 0) is 12.3 Å². The van der Waals surface area contributed by atoms with Crippen molar-refractivity contribution in [2.75, 3.05) is 0 Å². The van der Waals surface area contributed by atoms with Crippen LogP contribution in [0.25, 0.3) is 0 Å². The van der Waals surface area contributed by atoms with Crippen molar-refractivity contribution in [1.82, 2.24) is 0 Å². The summed E-state index contributed by atoms with van der Waals surface area (Å²) in [5.74, 6) is 0. The van der Waals surface area contributed by atoms with Gasteiger partial charge in [0.2, 0.25) is 0 Å². The van der Waals surface area contributed by atoms with Crippen molar-refractivity contribution in [3.05, 3.63) is 35.4 Å². The fourth-order valence-electron chi connectivity index (χ4n) is 4.57. The zero-order valence-electron chi connectivity index (χ0n) is 19.7. The lowest BCUT2D eigenvalue weighted by Crippen LogP contribution is -2.26. The van der Waals surface area contributed by atoms with Crippen LogP contribution in [0.3, 0.4) is 0 Å². The van der Waals surface area contributed by atoms with Crippen molar-refractivity contribution >= 4 is 15.8 Å². The number of hydrogen-bond donors (Lipinski definition) is 0. The Kier molecular flexibility index (Phi) is 7.62. The van der Waals surface area contributed by atoms with Crippen LogP contribution in [0.5, 0.6) is 0 Å². The van der Waals surface area contributed by atoms with Gasteiger partial charge in [-0.1, -0.05) is 18.2 Å². The molecule has 0 heterocycles. The molecule has 1 rings (SSSR count). The predicted molar refractivity (Wildman–Crippen MR) is 129 cm³/mol. The summed E-state index contributed by atoms with van der Waals surface area (Å²) in [5.41, 5.74) is 3.12. The van der Waals surface area contributed by atoms with E-state index in [1.807, 2.05) is 0 Å². The quantitative estimate of drug-likeness (QED) is 0.449. The second kappa shape index (κ2) is 8.21. The van der Waals surface area contributed by atoms with E-state index in [1.165, 1.54) is 12.3 Å². The second-order valence-electron chi connectivity index (χ2n) is 12.1. The van der Waals surface area contributed by atoms with E-state index in [1.54, 1.807) is 11.1 Å². The first-order chi connectivity index (χ1) is 11.4. The van der Waals surface area contributed by atoms with E-state index in [-0.39, 0.29) is 0 Å². The molecule has 1 aromatic rings. The van der Waals surface area contributed by atoms with Gasteiger partial charge in [-0.2, -0.15) is 0 Å². The fraction of sp³-hybridized carbons (Fsp3) is 0.750. The number of rotatable bonds is 4. The molecule has 0 aromatic heterocycles. The van der Waals surface area contributed by atoms with E-state index in [0.717, 1.165) is 0 Å². The van der Waals surface area contributed by atoms with Crippen molar-refractivity contribution < 1.29 is 0 Å². The monoisotopic (exact) mass is 396 g/mol. The van der Waals surface area contributed by atoms with Crippen LogP contribution in [-0.4, -0.2) is 20.6 Å². The molecule has 0 atom stereocenters. The summed E-state index contributed by atoms with van der Waals surface area (Å²) in [7, 11) is -1.04. The van der Waals surface area contributed by atoms with Gasteiger partial charge in [-0.25, -0.2) is 0 Å². The first-order valence-corrected chi connectivity index (χ1v) is 13.6. The van der Waals surface area contributed by atoms with Crippen LogP contribution in [0.1, 0.15) is 94.2 Å². The lowest BCUT2D eigenvalue weighted by atomic mass is 10.2. The second-order valence-corrected chi connectivity index (χ2v) is 20.8. The summed E-state index contributed by atoms with van der Waals surface area (Å²) >= 11 is 0. The highest BCUT2D eigenvalue weighted by molar-refractivity contribution is 7.60. The third-order valence-corrected chi connectivity index (χ3v) is 14.1. The summed E-state index contributed by atoms with van der Waals surface area (Å²) in [4.78, 5) is 0. The molecule has 2 heteroatoms. The molecule has 0 saturated carbocycles. The van der Waals surface area contributed by atoms with E-state index in [4.69, 9.17) is 0 Å². The molecular weight excluding hydrogens is 350 g/mol. The third-order valence-electron chi connectivity index (χ3n) is 5.37. The SMILES string of the molecule is CC(C)(C)[PH+](Cc1cccc(C[PH+](C(C)(C)C)C(C)(C)C)c1)C(C)(C)C. The Morgan fingerprint density at radius 2 is 0.808 bits per heavy atom. The van der Waals surface area contributed by atoms with Gasteiger partial charge in [-0.05, 0) is 100 Å². The summed E-state index contributed by atoms with van der Waals surface area (Å²) in [6.07, 6.45) is 2.55. The summed E-state index contributed by atoms with van der Waals surface area (Å²) in [5, 5.41) is 1.69. The number of hydrogen-bond acceptors (Lipinski definition) is 0. The number of benzene rings is 1. The standard InChI is InChI=1S/C24H44P2/c1-21(2,3)25(22(4,5)6)17-19-14-13-15-20(16-19)18-26(23(7,8)9)24(10,11)12/h13-16H,17-18H2,1-12H3/p+2. The van der Waals surface area contributed by atoms with Crippen molar-refractivity contribution in [2.24, 2.45) is 0 Å². The lowest BCUT2D eigenvalue weighted by Gasteiger charge is -2.35. The average molecular weight is 397 g/mol. The first kappa shape index (κ1) is 24.1. The lowest BCUT2D eigenvalue weighted by molar-refractivity contribution is 0.702. The van der Waals surface area contributed by atoms with Crippen molar-refractivity contribution in [1.29, 1.82) is 0 Å². The van der Waals surface area contributed by atoms with Gasteiger partial charge >= 0.3 is 0 Å². The highest BCUT2D eigenvalue weighted by Gasteiger charge is 2.43. The van der Waals surface area contributed by atoms with Gasteiger partial charge in [0.1, 0.15) is 0 Å². The zero-order valence-corrected chi connectivity index (χ0v) is 21.7. The molecule has 0 aliphatic carbocycles. The van der Waals surface area contributed by atoms with Gasteiger partial charge in [0.25, 0.3) is 0 Å². The van der Waals surface area contributed by atoms with Gasteiger partial charge < -0.3 is 0 Å². The Morgan fingerprint density at radius 3 is 1.04 bits per heavy atom. The molecule has 0 spiro atoms. The van der Waals surface area contributed by atoms with Gasteiger partial charge in [0, 0.05) is 15.8 Å². The summed E-state index contributed by atoms with van der Waals surface area (Å²) in [6, 6.07) is 9.57. The Labute approximate surface area is 167 Å². The van der Waals surface area contributed by atoms with Crippen LogP contribution in [0, 0.1) is 0 Å². The average Bonchev–Trinajstić information content (AvgIpc) is 2.37.